The zero-order valence-electron chi connectivity index (χ0n) is 9.57. The second kappa shape index (κ2) is 4.19. The SMILES string of the molecule is CC1CC(c2cc3ccccc3s2)CCN1. The Morgan fingerprint density at radius 1 is 1.31 bits per heavy atom. The molecule has 1 N–H and O–H groups in total. The minimum atomic E-state index is 0.670. The summed E-state index contributed by atoms with van der Waals surface area (Å²) < 4.78 is 1.43. The molecule has 0 aliphatic carbocycles. The van der Waals surface area contributed by atoms with Crippen molar-refractivity contribution in [1.82, 2.24) is 5.32 Å². The van der Waals surface area contributed by atoms with Gasteiger partial charge in [-0.2, -0.15) is 0 Å². The minimum absolute atomic E-state index is 0.670. The lowest BCUT2D eigenvalue weighted by Crippen LogP contribution is -2.34. The quantitative estimate of drug-likeness (QED) is 0.788. The van der Waals surface area contributed by atoms with Crippen molar-refractivity contribution in [2.45, 2.75) is 31.7 Å². The summed E-state index contributed by atoms with van der Waals surface area (Å²) in [6, 6.07) is 11.8. The van der Waals surface area contributed by atoms with Crippen LogP contribution in [0.3, 0.4) is 0 Å². The second-order valence-corrected chi connectivity index (χ2v) is 5.88. The standard InChI is InChI=1S/C14H17NS/c1-10-8-12(6-7-15-10)14-9-11-4-2-3-5-13(11)16-14/h2-5,9-10,12,15H,6-8H2,1H3. The smallest absolute Gasteiger partial charge is 0.0345 e. The van der Waals surface area contributed by atoms with E-state index in [1.807, 2.05) is 11.3 Å². The van der Waals surface area contributed by atoms with Gasteiger partial charge in [0, 0.05) is 15.6 Å². The Hall–Kier alpha value is -0.860. The highest BCUT2D eigenvalue weighted by Crippen LogP contribution is 2.36. The summed E-state index contributed by atoms with van der Waals surface area (Å²) in [5, 5.41) is 4.93. The highest BCUT2D eigenvalue weighted by molar-refractivity contribution is 7.19. The third-order valence-corrected chi connectivity index (χ3v) is 4.75. The fourth-order valence-electron chi connectivity index (χ4n) is 2.59. The van der Waals surface area contributed by atoms with Crippen LogP contribution in [0.25, 0.3) is 10.1 Å². The number of nitrogens with one attached hydrogen (secondary N) is 1. The van der Waals surface area contributed by atoms with Crippen molar-refractivity contribution in [3.05, 3.63) is 35.2 Å². The predicted molar refractivity (Wildman–Crippen MR) is 71.3 cm³/mol. The summed E-state index contributed by atoms with van der Waals surface area (Å²) in [7, 11) is 0. The lowest BCUT2D eigenvalue weighted by Gasteiger charge is -2.27. The van der Waals surface area contributed by atoms with Crippen molar-refractivity contribution in [2.75, 3.05) is 6.54 Å². The molecule has 84 valence electrons. The first-order valence-corrected chi connectivity index (χ1v) is 6.86. The summed E-state index contributed by atoms with van der Waals surface area (Å²) in [4.78, 5) is 1.58. The van der Waals surface area contributed by atoms with E-state index < -0.39 is 0 Å². The van der Waals surface area contributed by atoms with E-state index in [1.165, 1.54) is 29.5 Å². The average molecular weight is 231 g/mol. The van der Waals surface area contributed by atoms with E-state index >= 15 is 0 Å². The molecule has 2 heteroatoms. The van der Waals surface area contributed by atoms with Crippen LogP contribution < -0.4 is 5.32 Å². The van der Waals surface area contributed by atoms with Gasteiger partial charge in [-0.25, -0.2) is 0 Å². The molecule has 1 nitrogen and oxygen atoms in total. The first-order valence-electron chi connectivity index (χ1n) is 6.05. The topological polar surface area (TPSA) is 12.0 Å². The number of rotatable bonds is 1. The summed E-state index contributed by atoms with van der Waals surface area (Å²) in [6.07, 6.45) is 2.57. The highest BCUT2D eigenvalue weighted by Gasteiger charge is 2.21. The molecule has 0 radical (unpaired) electrons. The van der Waals surface area contributed by atoms with Crippen LogP contribution >= 0.6 is 11.3 Å². The van der Waals surface area contributed by atoms with Gasteiger partial charge in [0.25, 0.3) is 0 Å². The molecule has 16 heavy (non-hydrogen) atoms. The molecule has 1 aliphatic heterocycles. The number of thiophene rings is 1. The first-order chi connectivity index (χ1) is 7.83. The first kappa shape index (κ1) is 10.3. The van der Waals surface area contributed by atoms with Gasteiger partial charge in [0.1, 0.15) is 0 Å². The van der Waals surface area contributed by atoms with Gasteiger partial charge >= 0.3 is 0 Å². The second-order valence-electron chi connectivity index (χ2n) is 4.76. The molecule has 2 unspecified atom stereocenters. The third kappa shape index (κ3) is 1.87. The maximum absolute atomic E-state index is 3.52. The van der Waals surface area contributed by atoms with Crippen LogP contribution in [0.15, 0.2) is 30.3 Å². The molecule has 3 rings (SSSR count). The molecule has 0 amide bonds. The Morgan fingerprint density at radius 2 is 2.19 bits per heavy atom. The molecule has 0 spiro atoms. The fraction of sp³-hybridized carbons (Fsp3) is 0.429. The van der Waals surface area contributed by atoms with E-state index in [0.717, 1.165) is 5.92 Å². The van der Waals surface area contributed by atoms with E-state index in [-0.39, 0.29) is 0 Å². The van der Waals surface area contributed by atoms with Crippen LogP contribution in [0.5, 0.6) is 0 Å². The maximum Gasteiger partial charge on any atom is 0.0345 e. The van der Waals surface area contributed by atoms with E-state index in [9.17, 15) is 0 Å². The average Bonchev–Trinajstić information content (AvgIpc) is 2.72. The Bertz CT molecular complexity index is 455. The number of benzene rings is 1. The van der Waals surface area contributed by atoms with Crippen LogP contribution in [0, 0.1) is 0 Å². The largest absolute Gasteiger partial charge is 0.314 e. The molecular weight excluding hydrogens is 214 g/mol. The molecule has 0 saturated carbocycles. The van der Waals surface area contributed by atoms with Crippen molar-refractivity contribution < 1.29 is 0 Å². The van der Waals surface area contributed by atoms with Crippen molar-refractivity contribution in [1.29, 1.82) is 0 Å². The third-order valence-electron chi connectivity index (χ3n) is 3.47. The van der Waals surface area contributed by atoms with Crippen molar-refractivity contribution >= 4 is 21.4 Å². The van der Waals surface area contributed by atoms with Gasteiger partial charge < -0.3 is 5.32 Å². The van der Waals surface area contributed by atoms with Gasteiger partial charge in [0.2, 0.25) is 0 Å². The Balaban J connectivity index is 1.93. The van der Waals surface area contributed by atoms with E-state index in [4.69, 9.17) is 0 Å². The Labute approximate surface area is 100 Å². The molecule has 1 aromatic carbocycles. The molecule has 2 atom stereocenters. The number of hydrogen-bond donors (Lipinski definition) is 1. The molecular formula is C14H17NS. The fourth-order valence-corrected chi connectivity index (χ4v) is 3.81. The van der Waals surface area contributed by atoms with Crippen molar-refractivity contribution in [3.63, 3.8) is 0 Å². The lowest BCUT2D eigenvalue weighted by atomic mass is 9.92. The van der Waals surface area contributed by atoms with Gasteiger partial charge in [-0.15, -0.1) is 11.3 Å². The van der Waals surface area contributed by atoms with Crippen molar-refractivity contribution in [3.8, 4) is 0 Å². The van der Waals surface area contributed by atoms with Crippen LogP contribution in [-0.4, -0.2) is 12.6 Å². The Kier molecular flexibility index (Phi) is 2.70. The predicted octanol–water partition coefficient (Wildman–Crippen LogP) is 3.76. The van der Waals surface area contributed by atoms with Gasteiger partial charge in [0.15, 0.2) is 0 Å². The summed E-state index contributed by atoms with van der Waals surface area (Å²) >= 11 is 1.98. The summed E-state index contributed by atoms with van der Waals surface area (Å²) in [6.45, 7) is 3.46. The van der Waals surface area contributed by atoms with E-state index in [0.29, 0.717) is 6.04 Å². The Morgan fingerprint density at radius 3 is 3.00 bits per heavy atom. The maximum atomic E-state index is 3.52. The van der Waals surface area contributed by atoms with Gasteiger partial charge in [-0.1, -0.05) is 18.2 Å². The molecule has 2 heterocycles. The van der Waals surface area contributed by atoms with E-state index in [2.05, 4.69) is 42.6 Å². The van der Waals surface area contributed by atoms with Crippen LogP contribution in [-0.2, 0) is 0 Å². The van der Waals surface area contributed by atoms with Gasteiger partial charge in [-0.05, 0) is 49.7 Å². The molecule has 1 aromatic heterocycles. The van der Waals surface area contributed by atoms with Crippen molar-refractivity contribution in [2.24, 2.45) is 0 Å². The number of hydrogen-bond acceptors (Lipinski definition) is 2. The zero-order valence-corrected chi connectivity index (χ0v) is 10.4. The van der Waals surface area contributed by atoms with Gasteiger partial charge in [-0.3, -0.25) is 0 Å². The number of piperidine rings is 1. The van der Waals surface area contributed by atoms with Crippen LogP contribution in [0.2, 0.25) is 0 Å². The summed E-state index contributed by atoms with van der Waals surface area (Å²) in [5.74, 6) is 0.772. The number of fused-ring (bicyclic) bond motifs is 1. The lowest BCUT2D eigenvalue weighted by molar-refractivity contribution is 0.384. The van der Waals surface area contributed by atoms with Crippen LogP contribution in [0.1, 0.15) is 30.6 Å². The zero-order chi connectivity index (χ0) is 11.0. The molecule has 1 fully saturated rings. The normalized spacial score (nSPS) is 26.1. The minimum Gasteiger partial charge on any atom is -0.314 e. The molecule has 1 saturated heterocycles. The molecule has 1 aliphatic rings. The van der Waals surface area contributed by atoms with E-state index in [1.54, 1.807) is 4.88 Å². The monoisotopic (exact) mass is 231 g/mol. The van der Waals surface area contributed by atoms with Gasteiger partial charge in [0.05, 0.1) is 0 Å². The highest BCUT2D eigenvalue weighted by atomic mass is 32.1. The van der Waals surface area contributed by atoms with Crippen LogP contribution in [0.4, 0.5) is 0 Å². The molecule has 0 bridgehead atoms. The summed E-state index contributed by atoms with van der Waals surface area (Å²) in [5.41, 5.74) is 0. The molecule has 2 aromatic rings.